The molecule has 0 unspecified atom stereocenters. The third kappa shape index (κ3) is 2.31. The van der Waals surface area contributed by atoms with Gasteiger partial charge in [0, 0.05) is 18.3 Å². The van der Waals surface area contributed by atoms with Gasteiger partial charge >= 0.3 is 0 Å². The summed E-state index contributed by atoms with van der Waals surface area (Å²) in [6.07, 6.45) is 12.6. The van der Waals surface area contributed by atoms with Gasteiger partial charge in [-0.15, -0.1) is 0 Å². The first-order valence-corrected chi connectivity index (χ1v) is 6.32. The number of allylic oxidation sites excluding steroid dienone is 1. The van der Waals surface area contributed by atoms with Crippen LogP contribution in [0.5, 0.6) is 0 Å². The largest absolute Gasteiger partial charge is 0.372 e. The van der Waals surface area contributed by atoms with Crippen LogP contribution in [0.3, 0.4) is 0 Å². The zero-order valence-corrected chi connectivity index (χ0v) is 9.30. The van der Waals surface area contributed by atoms with Crippen LogP contribution in [0.4, 0.5) is 0 Å². The number of nitrogens with zero attached hydrogens (tertiary/aromatic N) is 1. The van der Waals surface area contributed by atoms with Crippen LogP contribution in [0.15, 0.2) is 12.3 Å². The lowest BCUT2D eigenvalue weighted by molar-refractivity contribution is 0.199. The molecule has 1 heterocycles. The quantitative estimate of drug-likeness (QED) is 0.574. The highest BCUT2D eigenvalue weighted by Crippen LogP contribution is 2.28. The van der Waals surface area contributed by atoms with Gasteiger partial charge in [0.25, 0.3) is 0 Å². The smallest absolute Gasteiger partial charge is 0.0286 e. The molecule has 0 N–H and O–H groups in total. The summed E-state index contributed by atoms with van der Waals surface area (Å²) in [6.45, 7) is 5.51. The number of hydrogen-bond donors (Lipinski definition) is 0. The van der Waals surface area contributed by atoms with E-state index in [0.717, 1.165) is 6.04 Å². The fourth-order valence-corrected chi connectivity index (χ4v) is 2.92. The monoisotopic (exact) mass is 193 g/mol. The fraction of sp³-hybridized carbons (Fsp3) is 0.846. The van der Waals surface area contributed by atoms with Crippen LogP contribution in [-0.4, -0.2) is 17.5 Å². The van der Waals surface area contributed by atoms with Crippen molar-refractivity contribution in [3.05, 3.63) is 12.3 Å². The van der Waals surface area contributed by atoms with Gasteiger partial charge in [0.05, 0.1) is 0 Å². The van der Waals surface area contributed by atoms with Crippen molar-refractivity contribution in [3.8, 4) is 0 Å². The van der Waals surface area contributed by atoms with E-state index in [2.05, 4.69) is 11.5 Å². The van der Waals surface area contributed by atoms with Gasteiger partial charge in [-0.25, -0.2) is 0 Å². The molecule has 0 atom stereocenters. The summed E-state index contributed by atoms with van der Waals surface area (Å²) in [5, 5.41) is 0. The minimum absolute atomic E-state index is 0.838. The highest BCUT2D eigenvalue weighted by atomic mass is 15.2. The minimum Gasteiger partial charge on any atom is -0.372 e. The maximum absolute atomic E-state index is 4.23. The highest BCUT2D eigenvalue weighted by molar-refractivity contribution is 5.00. The van der Waals surface area contributed by atoms with Gasteiger partial charge < -0.3 is 4.90 Å². The normalized spacial score (nSPS) is 26.3. The van der Waals surface area contributed by atoms with Crippen LogP contribution in [-0.2, 0) is 0 Å². The molecule has 0 bridgehead atoms. The second kappa shape index (κ2) is 4.86. The van der Waals surface area contributed by atoms with Crippen molar-refractivity contribution in [1.29, 1.82) is 0 Å². The van der Waals surface area contributed by atoms with E-state index in [1.807, 2.05) is 0 Å². The van der Waals surface area contributed by atoms with Crippen LogP contribution >= 0.6 is 0 Å². The molecule has 0 aromatic heterocycles. The van der Waals surface area contributed by atoms with Crippen molar-refractivity contribution in [2.75, 3.05) is 6.54 Å². The lowest BCUT2D eigenvalue weighted by atomic mass is 10.0. The zero-order valence-electron chi connectivity index (χ0n) is 9.30. The molecule has 80 valence electrons. The first-order valence-electron chi connectivity index (χ1n) is 6.32. The lowest BCUT2D eigenvalue weighted by Crippen LogP contribution is -2.37. The Morgan fingerprint density at radius 1 is 0.929 bits per heavy atom. The molecule has 2 fully saturated rings. The third-order valence-corrected chi connectivity index (χ3v) is 3.79. The van der Waals surface area contributed by atoms with E-state index in [-0.39, 0.29) is 0 Å². The van der Waals surface area contributed by atoms with Gasteiger partial charge in [0.2, 0.25) is 0 Å². The summed E-state index contributed by atoms with van der Waals surface area (Å²) in [5.74, 6) is 0. The Labute approximate surface area is 88.2 Å². The SMILES string of the molecule is C=C1CCCCN1C1CCCCCC1. The molecule has 0 spiro atoms. The number of likely N-dealkylation sites (tertiary alicyclic amines) is 1. The molecule has 1 saturated heterocycles. The molecule has 2 aliphatic rings. The summed E-state index contributed by atoms with van der Waals surface area (Å²) < 4.78 is 0. The minimum atomic E-state index is 0.838. The van der Waals surface area contributed by atoms with Gasteiger partial charge in [-0.05, 0) is 32.1 Å². The molecular weight excluding hydrogens is 170 g/mol. The molecule has 0 amide bonds. The Morgan fingerprint density at radius 2 is 1.64 bits per heavy atom. The summed E-state index contributed by atoms with van der Waals surface area (Å²) in [4.78, 5) is 2.62. The number of rotatable bonds is 1. The fourth-order valence-electron chi connectivity index (χ4n) is 2.92. The molecule has 2 rings (SSSR count). The summed E-state index contributed by atoms with van der Waals surface area (Å²) >= 11 is 0. The predicted octanol–water partition coefficient (Wildman–Crippen LogP) is 3.71. The summed E-state index contributed by atoms with van der Waals surface area (Å²) in [6, 6.07) is 0.838. The van der Waals surface area contributed by atoms with E-state index in [4.69, 9.17) is 0 Å². The van der Waals surface area contributed by atoms with E-state index in [9.17, 15) is 0 Å². The van der Waals surface area contributed by atoms with Crippen molar-refractivity contribution < 1.29 is 0 Å². The van der Waals surface area contributed by atoms with Crippen LogP contribution in [0.2, 0.25) is 0 Å². The molecule has 1 heteroatoms. The van der Waals surface area contributed by atoms with Gasteiger partial charge in [-0.3, -0.25) is 0 Å². The number of piperidine rings is 1. The molecule has 1 nitrogen and oxygen atoms in total. The molecule has 0 aromatic carbocycles. The van der Waals surface area contributed by atoms with Crippen molar-refractivity contribution >= 4 is 0 Å². The summed E-state index contributed by atoms with van der Waals surface area (Å²) in [7, 11) is 0. The van der Waals surface area contributed by atoms with E-state index in [0.29, 0.717) is 0 Å². The third-order valence-electron chi connectivity index (χ3n) is 3.79. The van der Waals surface area contributed by atoms with E-state index in [1.165, 1.54) is 70.0 Å². The predicted molar refractivity (Wildman–Crippen MR) is 61.2 cm³/mol. The Kier molecular flexibility index (Phi) is 3.49. The Morgan fingerprint density at radius 3 is 2.29 bits per heavy atom. The highest BCUT2D eigenvalue weighted by Gasteiger charge is 2.22. The molecule has 1 saturated carbocycles. The van der Waals surface area contributed by atoms with Crippen LogP contribution in [0.1, 0.15) is 57.8 Å². The van der Waals surface area contributed by atoms with Crippen molar-refractivity contribution in [2.24, 2.45) is 0 Å². The van der Waals surface area contributed by atoms with Gasteiger partial charge in [-0.2, -0.15) is 0 Å². The zero-order chi connectivity index (χ0) is 9.80. The number of hydrogen-bond acceptors (Lipinski definition) is 1. The van der Waals surface area contributed by atoms with Gasteiger partial charge in [0.15, 0.2) is 0 Å². The topological polar surface area (TPSA) is 3.24 Å². The van der Waals surface area contributed by atoms with E-state index < -0.39 is 0 Å². The maximum atomic E-state index is 4.23. The Hall–Kier alpha value is -0.460. The average molecular weight is 193 g/mol. The standard InChI is InChI=1S/C13H23N/c1-12-8-6-7-11-14(12)13-9-4-2-3-5-10-13/h13H,1-11H2. The second-order valence-electron chi connectivity index (χ2n) is 4.86. The summed E-state index contributed by atoms with van der Waals surface area (Å²) in [5.41, 5.74) is 1.42. The Bertz CT molecular complexity index is 189. The second-order valence-corrected chi connectivity index (χ2v) is 4.86. The van der Waals surface area contributed by atoms with Crippen molar-refractivity contribution in [1.82, 2.24) is 4.90 Å². The van der Waals surface area contributed by atoms with Crippen LogP contribution in [0.25, 0.3) is 0 Å². The Balaban J connectivity index is 1.93. The average Bonchev–Trinajstić information content (AvgIpc) is 2.47. The molecular formula is C13H23N. The first-order chi connectivity index (χ1) is 6.88. The molecule has 1 aliphatic heterocycles. The molecule has 14 heavy (non-hydrogen) atoms. The van der Waals surface area contributed by atoms with Crippen molar-refractivity contribution in [3.63, 3.8) is 0 Å². The van der Waals surface area contributed by atoms with E-state index in [1.54, 1.807) is 0 Å². The maximum Gasteiger partial charge on any atom is 0.0286 e. The molecule has 1 aliphatic carbocycles. The molecule has 0 aromatic rings. The van der Waals surface area contributed by atoms with Gasteiger partial charge in [-0.1, -0.05) is 32.3 Å². The van der Waals surface area contributed by atoms with Crippen LogP contribution < -0.4 is 0 Å². The van der Waals surface area contributed by atoms with Gasteiger partial charge in [0.1, 0.15) is 0 Å². The first kappa shape index (κ1) is 10.1. The van der Waals surface area contributed by atoms with Crippen molar-refractivity contribution in [2.45, 2.75) is 63.8 Å². The lowest BCUT2D eigenvalue weighted by Gasteiger charge is -2.37. The molecule has 0 radical (unpaired) electrons. The van der Waals surface area contributed by atoms with Crippen LogP contribution in [0, 0.1) is 0 Å². The van der Waals surface area contributed by atoms with E-state index >= 15 is 0 Å².